The van der Waals surface area contributed by atoms with Crippen LogP contribution in [0.25, 0.3) is 0 Å². The van der Waals surface area contributed by atoms with Crippen LogP contribution in [0.3, 0.4) is 0 Å². The van der Waals surface area contributed by atoms with Crippen molar-refractivity contribution < 1.29 is 9.53 Å². The number of rotatable bonds is 5. The molecule has 19 heavy (non-hydrogen) atoms. The van der Waals surface area contributed by atoms with Gasteiger partial charge in [0.15, 0.2) is 0 Å². The first kappa shape index (κ1) is 13.3. The lowest BCUT2D eigenvalue weighted by Gasteiger charge is -2.11. The molecular weight excluding hydrogens is 236 g/mol. The second-order valence-corrected chi connectivity index (χ2v) is 4.71. The minimum absolute atomic E-state index is 0.103. The summed E-state index contributed by atoms with van der Waals surface area (Å²) >= 11 is 0. The van der Waals surface area contributed by atoms with E-state index in [1.54, 1.807) is 7.11 Å². The van der Waals surface area contributed by atoms with Gasteiger partial charge >= 0.3 is 0 Å². The molecule has 0 saturated carbocycles. The molecule has 0 bridgehead atoms. The molecule has 0 fully saturated rings. The van der Waals surface area contributed by atoms with Crippen LogP contribution in [0, 0.1) is 6.92 Å². The molecule has 0 aliphatic heterocycles. The van der Waals surface area contributed by atoms with Crippen molar-refractivity contribution in [3.8, 4) is 5.75 Å². The van der Waals surface area contributed by atoms with Crippen molar-refractivity contribution in [2.75, 3.05) is 7.11 Å². The van der Waals surface area contributed by atoms with Crippen LogP contribution in [0.2, 0.25) is 0 Å². The number of carbonyl (C=O) groups excluding carboxylic acids is 1. The largest absolute Gasteiger partial charge is 0.497 e. The fraction of sp³-hybridized carbons (Fsp3) is 0.235. The predicted octanol–water partition coefficient (Wildman–Crippen LogP) is 3.53. The SMILES string of the molecule is COc1ccc(C(C=O)Cc2ccc(C)cc2)cc1. The van der Waals surface area contributed by atoms with E-state index in [-0.39, 0.29) is 5.92 Å². The molecule has 1 atom stereocenters. The lowest BCUT2D eigenvalue weighted by Crippen LogP contribution is -2.04. The molecule has 0 amide bonds. The van der Waals surface area contributed by atoms with Gasteiger partial charge < -0.3 is 9.53 Å². The standard InChI is InChI=1S/C17H18O2/c1-13-3-5-14(6-4-13)11-16(12-18)15-7-9-17(19-2)10-8-15/h3-10,12,16H,11H2,1-2H3. The highest BCUT2D eigenvalue weighted by Gasteiger charge is 2.11. The van der Waals surface area contributed by atoms with E-state index < -0.39 is 0 Å². The molecular formula is C17H18O2. The molecule has 2 aromatic rings. The highest BCUT2D eigenvalue weighted by molar-refractivity contribution is 5.63. The number of hydrogen-bond acceptors (Lipinski definition) is 2. The molecule has 0 heterocycles. The molecule has 2 aromatic carbocycles. The van der Waals surface area contributed by atoms with Crippen molar-refractivity contribution in [3.63, 3.8) is 0 Å². The van der Waals surface area contributed by atoms with Gasteiger partial charge in [0.1, 0.15) is 12.0 Å². The summed E-state index contributed by atoms with van der Waals surface area (Å²) in [5.74, 6) is 0.706. The Labute approximate surface area is 114 Å². The first-order valence-corrected chi connectivity index (χ1v) is 6.37. The fourth-order valence-electron chi connectivity index (χ4n) is 2.07. The second kappa shape index (κ2) is 6.19. The van der Waals surface area contributed by atoms with Gasteiger partial charge in [0.2, 0.25) is 0 Å². The van der Waals surface area contributed by atoms with Gasteiger partial charge in [0, 0.05) is 5.92 Å². The van der Waals surface area contributed by atoms with E-state index in [2.05, 4.69) is 31.2 Å². The van der Waals surface area contributed by atoms with E-state index >= 15 is 0 Å². The van der Waals surface area contributed by atoms with Crippen LogP contribution in [-0.4, -0.2) is 13.4 Å². The van der Waals surface area contributed by atoms with E-state index in [9.17, 15) is 4.79 Å². The summed E-state index contributed by atoms with van der Waals surface area (Å²) < 4.78 is 5.13. The van der Waals surface area contributed by atoms with Crippen molar-refractivity contribution in [1.82, 2.24) is 0 Å². The number of hydrogen-bond donors (Lipinski definition) is 0. The van der Waals surface area contributed by atoms with Crippen LogP contribution >= 0.6 is 0 Å². The third kappa shape index (κ3) is 3.44. The molecule has 2 heteroatoms. The minimum atomic E-state index is -0.103. The fourth-order valence-corrected chi connectivity index (χ4v) is 2.07. The molecule has 2 rings (SSSR count). The zero-order chi connectivity index (χ0) is 13.7. The Morgan fingerprint density at radius 2 is 1.68 bits per heavy atom. The van der Waals surface area contributed by atoms with Gasteiger partial charge in [-0.1, -0.05) is 42.0 Å². The summed E-state index contributed by atoms with van der Waals surface area (Å²) in [5.41, 5.74) is 3.44. The van der Waals surface area contributed by atoms with Crippen LogP contribution in [-0.2, 0) is 11.2 Å². The predicted molar refractivity (Wildman–Crippen MR) is 76.7 cm³/mol. The highest BCUT2D eigenvalue weighted by Crippen LogP contribution is 2.22. The number of methoxy groups -OCH3 is 1. The van der Waals surface area contributed by atoms with Crippen molar-refractivity contribution in [2.45, 2.75) is 19.3 Å². The van der Waals surface area contributed by atoms with Gasteiger partial charge in [-0.2, -0.15) is 0 Å². The van der Waals surface area contributed by atoms with Crippen LogP contribution in [0.15, 0.2) is 48.5 Å². The van der Waals surface area contributed by atoms with E-state index in [0.29, 0.717) is 0 Å². The van der Waals surface area contributed by atoms with E-state index in [1.165, 1.54) is 11.1 Å². The maximum Gasteiger partial charge on any atom is 0.127 e. The maximum absolute atomic E-state index is 11.3. The summed E-state index contributed by atoms with van der Waals surface area (Å²) in [6.45, 7) is 2.06. The van der Waals surface area contributed by atoms with Crippen molar-refractivity contribution in [2.24, 2.45) is 0 Å². The lowest BCUT2D eigenvalue weighted by molar-refractivity contribution is -0.109. The third-order valence-corrected chi connectivity index (χ3v) is 3.28. The number of ether oxygens (including phenoxy) is 1. The summed E-state index contributed by atoms with van der Waals surface area (Å²) in [4.78, 5) is 11.3. The summed E-state index contributed by atoms with van der Waals surface area (Å²) in [5, 5.41) is 0. The molecule has 2 nitrogen and oxygen atoms in total. The van der Waals surface area contributed by atoms with Gasteiger partial charge in [-0.3, -0.25) is 0 Å². The Kier molecular flexibility index (Phi) is 4.35. The van der Waals surface area contributed by atoms with Crippen LogP contribution in [0.1, 0.15) is 22.6 Å². The average molecular weight is 254 g/mol. The Balaban J connectivity index is 2.14. The Hall–Kier alpha value is -2.09. The monoisotopic (exact) mass is 254 g/mol. The maximum atomic E-state index is 11.3. The zero-order valence-electron chi connectivity index (χ0n) is 11.3. The summed E-state index contributed by atoms with van der Waals surface area (Å²) in [6, 6.07) is 16.0. The third-order valence-electron chi connectivity index (χ3n) is 3.28. The number of carbonyl (C=O) groups is 1. The summed E-state index contributed by atoms with van der Waals surface area (Å²) in [6.07, 6.45) is 1.75. The molecule has 0 radical (unpaired) electrons. The second-order valence-electron chi connectivity index (χ2n) is 4.71. The van der Waals surface area contributed by atoms with Gasteiger partial charge in [-0.05, 0) is 36.6 Å². The van der Waals surface area contributed by atoms with Gasteiger partial charge in [-0.15, -0.1) is 0 Å². The normalized spacial score (nSPS) is 11.9. The van der Waals surface area contributed by atoms with Crippen molar-refractivity contribution in [1.29, 1.82) is 0 Å². The van der Waals surface area contributed by atoms with Crippen LogP contribution < -0.4 is 4.74 Å². The van der Waals surface area contributed by atoms with Crippen molar-refractivity contribution >= 4 is 6.29 Å². The molecule has 0 aromatic heterocycles. The molecule has 0 saturated heterocycles. The number of benzene rings is 2. The quantitative estimate of drug-likeness (QED) is 0.763. The first-order valence-electron chi connectivity index (χ1n) is 6.37. The van der Waals surface area contributed by atoms with E-state index in [0.717, 1.165) is 24.0 Å². The van der Waals surface area contributed by atoms with Crippen LogP contribution in [0.5, 0.6) is 5.75 Å². The first-order chi connectivity index (χ1) is 9.22. The minimum Gasteiger partial charge on any atom is -0.497 e. The Bertz CT molecular complexity index is 526. The number of aryl methyl sites for hydroxylation is 1. The molecule has 0 N–H and O–H groups in total. The Morgan fingerprint density at radius 3 is 2.21 bits per heavy atom. The van der Waals surface area contributed by atoms with Crippen molar-refractivity contribution in [3.05, 3.63) is 65.2 Å². The molecule has 0 aliphatic carbocycles. The van der Waals surface area contributed by atoms with Gasteiger partial charge in [0.25, 0.3) is 0 Å². The average Bonchev–Trinajstić information content (AvgIpc) is 2.47. The molecule has 0 spiro atoms. The zero-order valence-corrected chi connectivity index (χ0v) is 11.3. The van der Waals surface area contributed by atoms with E-state index in [1.807, 2.05) is 24.3 Å². The van der Waals surface area contributed by atoms with Gasteiger partial charge in [0.05, 0.1) is 7.11 Å². The molecule has 1 unspecified atom stereocenters. The molecule has 0 aliphatic rings. The topological polar surface area (TPSA) is 26.3 Å². The highest BCUT2D eigenvalue weighted by atomic mass is 16.5. The number of aldehydes is 1. The van der Waals surface area contributed by atoms with Gasteiger partial charge in [-0.25, -0.2) is 0 Å². The summed E-state index contributed by atoms with van der Waals surface area (Å²) in [7, 11) is 1.64. The molecule has 98 valence electrons. The van der Waals surface area contributed by atoms with E-state index in [4.69, 9.17) is 4.74 Å². The Morgan fingerprint density at radius 1 is 1.05 bits per heavy atom. The van der Waals surface area contributed by atoms with Crippen LogP contribution in [0.4, 0.5) is 0 Å². The smallest absolute Gasteiger partial charge is 0.127 e. The lowest BCUT2D eigenvalue weighted by atomic mass is 9.93.